The molecule has 136 valence electrons. The lowest BCUT2D eigenvalue weighted by molar-refractivity contribution is -0.158. The first-order valence-corrected chi connectivity index (χ1v) is 9.49. The van der Waals surface area contributed by atoms with E-state index in [4.69, 9.17) is 9.47 Å². The summed E-state index contributed by atoms with van der Waals surface area (Å²) in [5.74, 6) is -0.927. The molecule has 4 heteroatoms. The number of hydrogen-bond acceptors (Lipinski definition) is 4. The van der Waals surface area contributed by atoms with Gasteiger partial charge >= 0.3 is 11.9 Å². The summed E-state index contributed by atoms with van der Waals surface area (Å²) >= 11 is 0. The van der Waals surface area contributed by atoms with Gasteiger partial charge in [-0.1, -0.05) is 72.1 Å². The van der Waals surface area contributed by atoms with Gasteiger partial charge in [-0.2, -0.15) is 0 Å². The first kappa shape index (κ1) is 21.9. The highest BCUT2D eigenvalue weighted by atomic mass is 16.6. The third-order valence-electron chi connectivity index (χ3n) is 3.93. The second kappa shape index (κ2) is 15.8. The molecule has 0 rings (SSSR count). The van der Waals surface area contributed by atoms with Crippen molar-refractivity contribution in [1.82, 2.24) is 0 Å². The third kappa shape index (κ3) is 14.3. The minimum Gasteiger partial charge on any atom is -0.465 e. The van der Waals surface area contributed by atoms with Crippen molar-refractivity contribution in [3.05, 3.63) is 0 Å². The summed E-state index contributed by atoms with van der Waals surface area (Å²) in [7, 11) is 0. The van der Waals surface area contributed by atoms with E-state index in [2.05, 4.69) is 13.8 Å². The molecule has 0 saturated carbocycles. The fourth-order valence-electron chi connectivity index (χ4n) is 2.42. The van der Waals surface area contributed by atoms with Gasteiger partial charge in [0.2, 0.25) is 0 Å². The second-order valence-corrected chi connectivity index (χ2v) is 6.18. The van der Waals surface area contributed by atoms with E-state index in [1.54, 1.807) is 0 Å². The first-order chi connectivity index (χ1) is 11.1. The van der Waals surface area contributed by atoms with Crippen LogP contribution >= 0.6 is 0 Å². The molecule has 0 spiro atoms. The van der Waals surface area contributed by atoms with E-state index >= 15 is 0 Å². The fourth-order valence-corrected chi connectivity index (χ4v) is 2.42. The molecule has 1 unspecified atom stereocenters. The Kier molecular flexibility index (Phi) is 15.1. The Morgan fingerprint density at radius 1 is 0.783 bits per heavy atom. The van der Waals surface area contributed by atoms with Crippen LogP contribution in [0.4, 0.5) is 0 Å². The Bertz CT molecular complexity index is 302. The lowest BCUT2D eigenvalue weighted by Gasteiger charge is -2.15. The van der Waals surface area contributed by atoms with E-state index < -0.39 is 11.9 Å². The maximum Gasteiger partial charge on any atom is 0.317 e. The summed E-state index contributed by atoms with van der Waals surface area (Å²) in [4.78, 5) is 23.3. The predicted molar refractivity (Wildman–Crippen MR) is 93.3 cm³/mol. The van der Waals surface area contributed by atoms with E-state index in [9.17, 15) is 9.59 Å². The molecule has 0 radical (unpaired) electrons. The second-order valence-electron chi connectivity index (χ2n) is 6.18. The van der Waals surface area contributed by atoms with Crippen LogP contribution in [0.2, 0.25) is 0 Å². The number of carbonyl (C=O) groups is 2. The molecular weight excluding hydrogens is 292 g/mol. The van der Waals surface area contributed by atoms with Crippen LogP contribution < -0.4 is 0 Å². The lowest BCUT2D eigenvalue weighted by Crippen LogP contribution is -2.21. The van der Waals surface area contributed by atoms with Gasteiger partial charge in [0.05, 0.1) is 6.61 Å². The molecule has 0 aromatic rings. The van der Waals surface area contributed by atoms with Gasteiger partial charge in [0.1, 0.15) is 12.5 Å². The monoisotopic (exact) mass is 328 g/mol. The number of esters is 2. The average Bonchev–Trinajstić information content (AvgIpc) is 2.53. The molecular formula is C19H36O4. The van der Waals surface area contributed by atoms with Crippen LogP contribution in [0, 0.1) is 0 Å². The number of ether oxygens (including phenoxy) is 2. The molecule has 0 aliphatic rings. The van der Waals surface area contributed by atoms with Crippen molar-refractivity contribution in [2.45, 2.75) is 104 Å². The highest BCUT2D eigenvalue weighted by molar-refractivity contribution is 5.91. The van der Waals surface area contributed by atoms with Gasteiger partial charge in [-0.3, -0.25) is 9.59 Å². The molecule has 0 aliphatic carbocycles. The zero-order valence-corrected chi connectivity index (χ0v) is 15.4. The zero-order valence-electron chi connectivity index (χ0n) is 15.4. The first-order valence-electron chi connectivity index (χ1n) is 9.49. The molecule has 0 amide bonds. The summed E-state index contributed by atoms with van der Waals surface area (Å²) in [5, 5.41) is 0. The number of carbonyl (C=O) groups excluding carboxylic acids is 2. The van der Waals surface area contributed by atoms with E-state index in [0.29, 0.717) is 6.61 Å². The topological polar surface area (TPSA) is 52.6 Å². The highest BCUT2D eigenvalue weighted by Gasteiger charge is 2.16. The van der Waals surface area contributed by atoms with Crippen molar-refractivity contribution in [2.75, 3.05) is 6.61 Å². The molecule has 0 aliphatic heterocycles. The predicted octanol–water partition coefficient (Wildman–Crippen LogP) is 5.18. The lowest BCUT2D eigenvalue weighted by atomic mass is 10.1. The van der Waals surface area contributed by atoms with Gasteiger partial charge in [0, 0.05) is 0 Å². The summed E-state index contributed by atoms with van der Waals surface area (Å²) in [5.41, 5.74) is 0. The minimum atomic E-state index is -0.466. The van der Waals surface area contributed by atoms with Crippen molar-refractivity contribution < 1.29 is 19.1 Å². The van der Waals surface area contributed by atoms with Crippen LogP contribution in [0.1, 0.15) is 97.8 Å². The van der Waals surface area contributed by atoms with Crippen LogP contribution in [0.5, 0.6) is 0 Å². The van der Waals surface area contributed by atoms with Gasteiger partial charge in [-0.25, -0.2) is 0 Å². The van der Waals surface area contributed by atoms with Crippen LogP contribution in [0.15, 0.2) is 0 Å². The van der Waals surface area contributed by atoms with Crippen molar-refractivity contribution in [2.24, 2.45) is 0 Å². The van der Waals surface area contributed by atoms with Crippen LogP contribution in [0.3, 0.4) is 0 Å². The number of hydrogen-bond donors (Lipinski definition) is 0. The number of rotatable bonds is 15. The summed E-state index contributed by atoms with van der Waals surface area (Å²) in [6.45, 7) is 6.71. The molecule has 0 heterocycles. The average molecular weight is 328 g/mol. The SMILES string of the molecule is CCCCCCCCCOC(=O)CC(=O)OC(CC)CCCC. The molecule has 0 bridgehead atoms. The summed E-state index contributed by atoms with van der Waals surface area (Å²) < 4.78 is 10.4. The number of unbranched alkanes of at least 4 members (excludes halogenated alkanes) is 7. The Morgan fingerprint density at radius 2 is 1.39 bits per heavy atom. The molecule has 0 saturated heterocycles. The van der Waals surface area contributed by atoms with E-state index in [-0.39, 0.29) is 12.5 Å². The smallest absolute Gasteiger partial charge is 0.317 e. The fraction of sp³-hybridized carbons (Fsp3) is 0.895. The molecule has 0 N–H and O–H groups in total. The Labute approximate surface area is 142 Å². The van der Waals surface area contributed by atoms with Crippen molar-refractivity contribution in [3.8, 4) is 0 Å². The van der Waals surface area contributed by atoms with Gasteiger partial charge < -0.3 is 9.47 Å². The third-order valence-corrected chi connectivity index (χ3v) is 3.93. The van der Waals surface area contributed by atoms with Crippen molar-refractivity contribution in [1.29, 1.82) is 0 Å². The molecule has 4 nitrogen and oxygen atoms in total. The van der Waals surface area contributed by atoms with Crippen LogP contribution in [-0.2, 0) is 19.1 Å². The van der Waals surface area contributed by atoms with Crippen LogP contribution in [-0.4, -0.2) is 24.6 Å². The largest absolute Gasteiger partial charge is 0.465 e. The molecule has 23 heavy (non-hydrogen) atoms. The Morgan fingerprint density at radius 3 is 2.00 bits per heavy atom. The normalized spacial score (nSPS) is 12.0. The van der Waals surface area contributed by atoms with Gasteiger partial charge in [0.15, 0.2) is 0 Å². The quantitative estimate of drug-likeness (QED) is 0.236. The Hall–Kier alpha value is -1.06. The summed E-state index contributed by atoms with van der Waals surface area (Å²) in [6.07, 6.45) is 11.7. The van der Waals surface area contributed by atoms with E-state index in [1.807, 2.05) is 6.92 Å². The van der Waals surface area contributed by atoms with E-state index in [1.165, 1.54) is 32.1 Å². The molecule has 0 aromatic carbocycles. The highest BCUT2D eigenvalue weighted by Crippen LogP contribution is 2.10. The Balaban J connectivity index is 3.62. The van der Waals surface area contributed by atoms with Crippen LogP contribution in [0.25, 0.3) is 0 Å². The molecule has 0 aromatic heterocycles. The van der Waals surface area contributed by atoms with Gasteiger partial charge in [-0.15, -0.1) is 0 Å². The summed E-state index contributed by atoms with van der Waals surface area (Å²) in [6, 6.07) is 0. The molecule has 1 atom stereocenters. The van der Waals surface area contributed by atoms with E-state index in [0.717, 1.165) is 38.5 Å². The van der Waals surface area contributed by atoms with Crippen molar-refractivity contribution in [3.63, 3.8) is 0 Å². The van der Waals surface area contributed by atoms with Crippen molar-refractivity contribution >= 4 is 11.9 Å². The maximum absolute atomic E-state index is 11.7. The van der Waals surface area contributed by atoms with Gasteiger partial charge in [-0.05, 0) is 19.3 Å². The molecule has 0 fully saturated rings. The maximum atomic E-state index is 11.7. The minimum absolute atomic E-state index is 0.0710. The standard InChI is InChI=1S/C19H36O4/c1-4-7-9-10-11-12-13-15-22-18(20)16-19(21)23-17(6-3)14-8-5-2/h17H,4-16H2,1-3H3. The van der Waals surface area contributed by atoms with Gasteiger partial charge in [0.25, 0.3) is 0 Å². The zero-order chi connectivity index (χ0) is 17.3.